The SMILES string of the molecule is O=C(O)C1CCCCN1C(c1ccc(F)cc1)c1ccc(Cl)c(Cl)c1. The molecular weight excluding hydrogens is 364 g/mol. The first-order chi connectivity index (χ1) is 12.0. The normalized spacial score (nSPS) is 19.6. The van der Waals surface area contributed by atoms with E-state index in [0.717, 1.165) is 24.0 Å². The first kappa shape index (κ1) is 18.2. The van der Waals surface area contributed by atoms with Gasteiger partial charge in [0.2, 0.25) is 0 Å². The predicted molar refractivity (Wildman–Crippen MR) is 96.7 cm³/mol. The number of aliphatic carboxylic acids is 1. The fourth-order valence-corrected chi connectivity index (χ4v) is 3.74. The number of benzene rings is 2. The fraction of sp³-hybridized carbons (Fsp3) is 0.316. The Morgan fingerprint density at radius 1 is 1.08 bits per heavy atom. The number of hydrogen-bond donors (Lipinski definition) is 1. The Kier molecular flexibility index (Phi) is 5.62. The minimum Gasteiger partial charge on any atom is -0.480 e. The summed E-state index contributed by atoms with van der Waals surface area (Å²) in [6.07, 6.45) is 2.39. The first-order valence-corrected chi connectivity index (χ1v) is 8.92. The fourth-order valence-electron chi connectivity index (χ4n) is 3.43. The summed E-state index contributed by atoms with van der Waals surface area (Å²) in [6, 6.07) is 10.6. The van der Waals surface area contributed by atoms with Crippen LogP contribution in [0, 0.1) is 5.82 Å². The van der Waals surface area contributed by atoms with Gasteiger partial charge in [-0.25, -0.2) is 4.39 Å². The van der Waals surface area contributed by atoms with Gasteiger partial charge in [0.1, 0.15) is 11.9 Å². The molecule has 1 fully saturated rings. The number of likely N-dealkylation sites (tertiary alicyclic amines) is 1. The summed E-state index contributed by atoms with van der Waals surface area (Å²) in [4.78, 5) is 13.7. The number of halogens is 3. The average molecular weight is 382 g/mol. The van der Waals surface area contributed by atoms with Gasteiger partial charge in [-0.3, -0.25) is 9.69 Å². The maximum Gasteiger partial charge on any atom is 0.320 e. The third-order valence-electron chi connectivity index (χ3n) is 4.61. The molecule has 0 amide bonds. The number of piperidine rings is 1. The lowest BCUT2D eigenvalue weighted by Crippen LogP contribution is -2.46. The lowest BCUT2D eigenvalue weighted by atomic mass is 9.91. The predicted octanol–water partition coefficient (Wildman–Crippen LogP) is 5.16. The van der Waals surface area contributed by atoms with Crippen LogP contribution in [0.2, 0.25) is 10.0 Å². The zero-order chi connectivity index (χ0) is 18.0. The van der Waals surface area contributed by atoms with Crippen molar-refractivity contribution in [3.63, 3.8) is 0 Å². The van der Waals surface area contributed by atoms with E-state index < -0.39 is 12.0 Å². The van der Waals surface area contributed by atoms with E-state index in [1.165, 1.54) is 12.1 Å². The van der Waals surface area contributed by atoms with Crippen LogP contribution in [0.15, 0.2) is 42.5 Å². The number of nitrogens with zero attached hydrogens (tertiary/aromatic N) is 1. The molecule has 0 bridgehead atoms. The van der Waals surface area contributed by atoms with E-state index in [1.54, 1.807) is 24.3 Å². The highest BCUT2D eigenvalue weighted by molar-refractivity contribution is 6.42. The molecule has 0 saturated carbocycles. The second-order valence-electron chi connectivity index (χ2n) is 6.22. The van der Waals surface area contributed by atoms with Crippen molar-refractivity contribution in [1.82, 2.24) is 4.90 Å². The van der Waals surface area contributed by atoms with Gasteiger partial charge in [0.25, 0.3) is 0 Å². The molecule has 1 aliphatic rings. The van der Waals surface area contributed by atoms with E-state index in [4.69, 9.17) is 23.2 Å². The molecule has 1 heterocycles. The highest BCUT2D eigenvalue weighted by atomic mass is 35.5. The van der Waals surface area contributed by atoms with Gasteiger partial charge >= 0.3 is 5.97 Å². The minimum atomic E-state index is -0.841. The topological polar surface area (TPSA) is 40.5 Å². The second-order valence-corrected chi connectivity index (χ2v) is 7.03. The maximum absolute atomic E-state index is 13.4. The molecule has 1 N–H and O–H groups in total. The molecule has 0 aromatic heterocycles. The average Bonchev–Trinajstić information content (AvgIpc) is 2.60. The Labute approximate surface area is 156 Å². The lowest BCUT2D eigenvalue weighted by Gasteiger charge is -2.39. The summed E-state index contributed by atoms with van der Waals surface area (Å²) >= 11 is 12.2. The summed E-state index contributed by atoms with van der Waals surface area (Å²) in [5.41, 5.74) is 1.67. The molecule has 1 aliphatic heterocycles. The zero-order valence-electron chi connectivity index (χ0n) is 13.5. The van der Waals surface area contributed by atoms with Crippen LogP contribution in [0.25, 0.3) is 0 Å². The van der Waals surface area contributed by atoms with Crippen LogP contribution in [-0.2, 0) is 4.79 Å². The number of rotatable bonds is 4. The van der Waals surface area contributed by atoms with Gasteiger partial charge in [-0.15, -0.1) is 0 Å². The number of hydrogen-bond acceptors (Lipinski definition) is 2. The van der Waals surface area contributed by atoms with Crippen molar-refractivity contribution in [3.05, 3.63) is 69.5 Å². The van der Waals surface area contributed by atoms with E-state index in [0.29, 0.717) is 23.0 Å². The van der Waals surface area contributed by atoms with Crippen LogP contribution < -0.4 is 0 Å². The Morgan fingerprint density at radius 2 is 1.76 bits per heavy atom. The Balaban J connectivity index is 2.08. The van der Waals surface area contributed by atoms with Crippen LogP contribution in [0.4, 0.5) is 4.39 Å². The zero-order valence-corrected chi connectivity index (χ0v) is 15.0. The first-order valence-electron chi connectivity index (χ1n) is 8.16. The smallest absolute Gasteiger partial charge is 0.320 e. The van der Waals surface area contributed by atoms with Crippen LogP contribution >= 0.6 is 23.2 Å². The molecule has 1 saturated heterocycles. The van der Waals surface area contributed by atoms with Gasteiger partial charge in [0, 0.05) is 0 Å². The number of carboxylic acid groups (broad SMARTS) is 1. The van der Waals surface area contributed by atoms with Crippen molar-refractivity contribution in [2.45, 2.75) is 31.3 Å². The Morgan fingerprint density at radius 3 is 2.40 bits per heavy atom. The van der Waals surface area contributed by atoms with Crippen LogP contribution in [0.1, 0.15) is 36.4 Å². The van der Waals surface area contributed by atoms with Crippen LogP contribution in [-0.4, -0.2) is 28.6 Å². The molecule has 25 heavy (non-hydrogen) atoms. The summed E-state index contributed by atoms with van der Waals surface area (Å²) in [6.45, 7) is 0.652. The summed E-state index contributed by atoms with van der Waals surface area (Å²) < 4.78 is 13.4. The third kappa shape index (κ3) is 3.97. The molecule has 2 atom stereocenters. The molecule has 0 spiro atoms. The molecule has 3 rings (SSSR count). The highest BCUT2D eigenvalue weighted by Crippen LogP contribution is 2.36. The van der Waals surface area contributed by atoms with Crippen LogP contribution in [0.5, 0.6) is 0 Å². The molecular formula is C19H18Cl2FNO2. The third-order valence-corrected chi connectivity index (χ3v) is 5.35. The van der Waals surface area contributed by atoms with Gasteiger partial charge in [-0.2, -0.15) is 0 Å². The molecule has 3 nitrogen and oxygen atoms in total. The van der Waals surface area contributed by atoms with Gasteiger partial charge in [-0.05, 0) is 54.8 Å². The summed E-state index contributed by atoms with van der Waals surface area (Å²) in [5.74, 6) is -1.17. The van der Waals surface area contributed by atoms with E-state index in [1.807, 2.05) is 11.0 Å². The molecule has 2 aromatic rings. The molecule has 2 aromatic carbocycles. The quantitative estimate of drug-likeness (QED) is 0.794. The monoisotopic (exact) mass is 381 g/mol. The van der Waals surface area contributed by atoms with Gasteiger partial charge in [0.05, 0.1) is 16.1 Å². The van der Waals surface area contributed by atoms with Gasteiger partial charge < -0.3 is 5.11 Å². The molecule has 6 heteroatoms. The number of carboxylic acids is 1. The second kappa shape index (κ2) is 7.73. The maximum atomic E-state index is 13.4. The summed E-state index contributed by atoms with van der Waals surface area (Å²) in [7, 11) is 0. The largest absolute Gasteiger partial charge is 0.480 e. The molecule has 132 valence electrons. The molecule has 2 unspecified atom stereocenters. The highest BCUT2D eigenvalue weighted by Gasteiger charge is 2.35. The van der Waals surface area contributed by atoms with Crippen molar-refractivity contribution in [1.29, 1.82) is 0 Å². The summed E-state index contributed by atoms with van der Waals surface area (Å²) in [5, 5.41) is 10.5. The van der Waals surface area contributed by atoms with Crippen molar-refractivity contribution in [2.75, 3.05) is 6.54 Å². The van der Waals surface area contributed by atoms with Crippen molar-refractivity contribution < 1.29 is 14.3 Å². The minimum absolute atomic E-state index is 0.322. The van der Waals surface area contributed by atoms with E-state index in [-0.39, 0.29) is 11.9 Å². The number of carbonyl (C=O) groups is 1. The standard InChI is InChI=1S/C19H18Cl2FNO2/c20-15-9-6-13(11-16(15)21)18(12-4-7-14(22)8-5-12)23-10-2-1-3-17(23)19(24)25/h4-9,11,17-18H,1-3,10H2,(H,24,25). The van der Waals surface area contributed by atoms with Crippen molar-refractivity contribution in [2.24, 2.45) is 0 Å². The Hall–Kier alpha value is -1.62. The van der Waals surface area contributed by atoms with Gasteiger partial charge in [-0.1, -0.05) is 47.8 Å². The molecule has 0 radical (unpaired) electrons. The lowest BCUT2D eigenvalue weighted by molar-refractivity contribution is -0.145. The van der Waals surface area contributed by atoms with E-state index in [2.05, 4.69) is 0 Å². The van der Waals surface area contributed by atoms with E-state index >= 15 is 0 Å². The van der Waals surface area contributed by atoms with Crippen LogP contribution in [0.3, 0.4) is 0 Å². The van der Waals surface area contributed by atoms with Crippen molar-refractivity contribution >= 4 is 29.2 Å². The van der Waals surface area contributed by atoms with Crippen molar-refractivity contribution in [3.8, 4) is 0 Å². The van der Waals surface area contributed by atoms with Gasteiger partial charge in [0.15, 0.2) is 0 Å². The van der Waals surface area contributed by atoms with E-state index in [9.17, 15) is 14.3 Å². The Bertz CT molecular complexity index is 767. The molecule has 0 aliphatic carbocycles.